The molecule has 1 saturated heterocycles. The predicted octanol–water partition coefficient (Wildman–Crippen LogP) is 4.42. The molecular weight excluding hydrogens is 360 g/mol. The average Bonchev–Trinajstić information content (AvgIpc) is 3.31. The van der Waals surface area contributed by atoms with Gasteiger partial charge in [-0.05, 0) is 50.8 Å². The molecule has 6 rings (SSSR count). The molecule has 2 aromatic heterocycles. The fourth-order valence-electron chi connectivity index (χ4n) is 6.10. The minimum absolute atomic E-state index is 0.221. The highest BCUT2D eigenvalue weighted by molar-refractivity contribution is 5.86. The third-order valence-electron chi connectivity index (χ3n) is 7.45. The summed E-state index contributed by atoms with van der Waals surface area (Å²) >= 11 is 0. The Hall–Kier alpha value is -2.58. The first-order valence-electron chi connectivity index (χ1n) is 10.9. The molecule has 3 atom stereocenters. The summed E-state index contributed by atoms with van der Waals surface area (Å²) < 4.78 is 8.09. The van der Waals surface area contributed by atoms with Crippen LogP contribution in [-0.4, -0.2) is 32.7 Å². The lowest BCUT2D eigenvalue weighted by Gasteiger charge is -2.52. The maximum absolute atomic E-state index is 5.65. The van der Waals surface area contributed by atoms with E-state index in [4.69, 9.17) is 4.52 Å². The van der Waals surface area contributed by atoms with Gasteiger partial charge >= 0.3 is 0 Å². The van der Waals surface area contributed by atoms with Gasteiger partial charge in [-0.2, -0.15) is 4.98 Å². The number of benzene rings is 1. The molecular formula is C24H26N4O. The summed E-state index contributed by atoms with van der Waals surface area (Å²) in [6.07, 6.45) is 5.73. The highest BCUT2D eigenvalue weighted by Crippen LogP contribution is 2.55. The van der Waals surface area contributed by atoms with E-state index in [1.807, 2.05) is 6.92 Å². The number of hydrogen-bond donors (Lipinski definition) is 0. The number of rotatable bonds is 2. The van der Waals surface area contributed by atoms with Gasteiger partial charge in [0.1, 0.15) is 0 Å². The number of aryl methyl sites for hydroxylation is 1. The fraction of sp³-hybridized carbons (Fsp3) is 0.500. The van der Waals surface area contributed by atoms with E-state index in [1.54, 1.807) is 0 Å². The third-order valence-corrected chi connectivity index (χ3v) is 7.45. The smallest absolute Gasteiger partial charge is 0.262 e. The Morgan fingerprint density at radius 3 is 3.00 bits per heavy atom. The van der Waals surface area contributed by atoms with Crippen molar-refractivity contribution in [2.45, 2.75) is 58.0 Å². The molecule has 2 unspecified atom stereocenters. The molecule has 1 fully saturated rings. The van der Waals surface area contributed by atoms with E-state index in [0.717, 1.165) is 25.8 Å². The number of piperidine rings is 1. The molecule has 0 aliphatic carbocycles. The molecule has 148 valence electrons. The van der Waals surface area contributed by atoms with Crippen LogP contribution in [0.15, 0.2) is 28.8 Å². The normalized spacial score (nSPS) is 28.3. The van der Waals surface area contributed by atoms with Gasteiger partial charge in [0.15, 0.2) is 11.9 Å². The molecule has 0 radical (unpaired) electrons. The summed E-state index contributed by atoms with van der Waals surface area (Å²) in [5.41, 5.74) is 4.43. The predicted molar refractivity (Wildman–Crippen MR) is 111 cm³/mol. The van der Waals surface area contributed by atoms with Crippen molar-refractivity contribution in [1.29, 1.82) is 0 Å². The van der Waals surface area contributed by atoms with E-state index in [1.165, 1.54) is 41.5 Å². The highest BCUT2D eigenvalue weighted by atomic mass is 16.5. The highest BCUT2D eigenvalue weighted by Gasteiger charge is 2.49. The van der Waals surface area contributed by atoms with Crippen LogP contribution >= 0.6 is 0 Å². The van der Waals surface area contributed by atoms with Gasteiger partial charge in [-0.25, -0.2) is 0 Å². The number of fused-ring (bicyclic) bond motifs is 3. The van der Waals surface area contributed by atoms with Crippen LogP contribution in [0.1, 0.15) is 67.7 Å². The van der Waals surface area contributed by atoms with Crippen LogP contribution in [-0.2, 0) is 6.42 Å². The summed E-state index contributed by atoms with van der Waals surface area (Å²) in [6, 6.07) is 8.99. The standard InChI is InChI=1S/C24H26N4O/c1-3-24-12-6-10-20(23-25-16(2)26-29-23)28-19-9-5-4-8-17(19)18-11-15-27(14-7-13-24)22(24)21(18)28/h4-5,8-9,20,22H,3,7,11-15H2,1-2H3/t20?,22?,24-/m1/s1. The van der Waals surface area contributed by atoms with Gasteiger partial charge < -0.3 is 9.09 Å². The van der Waals surface area contributed by atoms with E-state index in [9.17, 15) is 0 Å². The van der Waals surface area contributed by atoms with Crippen LogP contribution in [0.3, 0.4) is 0 Å². The van der Waals surface area contributed by atoms with E-state index in [0.29, 0.717) is 17.8 Å². The van der Waals surface area contributed by atoms with Crippen molar-refractivity contribution in [1.82, 2.24) is 19.6 Å². The van der Waals surface area contributed by atoms with E-state index < -0.39 is 0 Å². The number of nitrogens with zero attached hydrogens (tertiary/aromatic N) is 4. The van der Waals surface area contributed by atoms with Crippen molar-refractivity contribution in [2.75, 3.05) is 13.1 Å². The van der Waals surface area contributed by atoms with E-state index in [-0.39, 0.29) is 11.5 Å². The molecule has 3 aliphatic rings. The first-order chi connectivity index (χ1) is 14.2. The van der Waals surface area contributed by atoms with E-state index >= 15 is 0 Å². The second-order valence-electron chi connectivity index (χ2n) is 8.84. The number of para-hydroxylation sites is 1. The van der Waals surface area contributed by atoms with Gasteiger partial charge in [0.2, 0.25) is 0 Å². The SMILES string of the molecule is CC[C@@]12CC#CC(c3nc(C)no3)n3c4c(c5ccccc53)CCN(CCC1)C42. The Morgan fingerprint density at radius 1 is 1.28 bits per heavy atom. The molecule has 3 aliphatic heterocycles. The van der Waals surface area contributed by atoms with Crippen molar-refractivity contribution in [3.63, 3.8) is 0 Å². The topological polar surface area (TPSA) is 47.1 Å². The largest absolute Gasteiger partial charge is 0.336 e. The number of aromatic nitrogens is 3. The molecule has 0 bridgehead atoms. The summed E-state index contributed by atoms with van der Waals surface area (Å²) in [7, 11) is 0. The average molecular weight is 386 g/mol. The number of hydrogen-bond acceptors (Lipinski definition) is 4. The van der Waals surface area contributed by atoms with Gasteiger partial charge in [0.05, 0.1) is 11.6 Å². The zero-order valence-corrected chi connectivity index (χ0v) is 17.1. The Labute approximate surface area is 171 Å². The lowest BCUT2D eigenvalue weighted by Crippen LogP contribution is -2.50. The minimum Gasteiger partial charge on any atom is -0.336 e. The molecule has 0 amide bonds. The molecule has 3 aromatic rings. The molecule has 0 saturated carbocycles. The van der Waals surface area contributed by atoms with Crippen LogP contribution in [0.25, 0.3) is 10.9 Å². The maximum Gasteiger partial charge on any atom is 0.262 e. The lowest BCUT2D eigenvalue weighted by atomic mass is 9.66. The Kier molecular flexibility index (Phi) is 3.70. The second-order valence-corrected chi connectivity index (χ2v) is 8.84. The van der Waals surface area contributed by atoms with Crippen molar-refractivity contribution in [3.05, 3.63) is 47.2 Å². The van der Waals surface area contributed by atoms with Crippen LogP contribution < -0.4 is 0 Å². The van der Waals surface area contributed by atoms with Crippen molar-refractivity contribution in [3.8, 4) is 11.8 Å². The molecule has 5 heteroatoms. The summed E-state index contributed by atoms with van der Waals surface area (Å²) in [6.45, 7) is 6.56. The molecule has 1 aromatic carbocycles. The summed E-state index contributed by atoms with van der Waals surface area (Å²) in [5, 5.41) is 5.43. The van der Waals surface area contributed by atoms with Crippen LogP contribution in [0.5, 0.6) is 0 Å². The summed E-state index contributed by atoms with van der Waals surface area (Å²) in [4.78, 5) is 7.32. The Balaban J connectivity index is 1.70. The molecule has 5 nitrogen and oxygen atoms in total. The van der Waals surface area contributed by atoms with Crippen molar-refractivity contribution in [2.24, 2.45) is 5.41 Å². The van der Waals surface area contributed by atoms with Crippen LogP contribution in [0, 0.1) is 24.2 Å². The zero-order chi connectivity index (χ0) is 19.6. The maximum atomic E-state index is 5.65. The molecule has 0 spiro atoms. The fourth-order valence-corrected chi connectivity index (χ4v) is 6.10. The van der Waals surface area contributed by atoms with Gasteiger partial charge in [0, 0.05) is 29.5 Å². The zero-order valence-electron chi connectivity index (χ0n) is 17.1. The first kappa shape index (κ1) is 17.3. The van der Waals surface area contributed by atoms with Crippen molar-refractivity contribution < 1.29 is 4.52 Å². The monoisotopic (exact) mass is 386 g/mol. The molecule has 29 heavy (non-hydrogen) atoms. The van der Waals surface area contributed by atoms with Crippen molar-refractivity contribution >= 4 is 10.9 Å². The minimum atomic E-state index is -0.221. The summed E-state index contributed by atoms with van der Waals surface area (Å²) in [5.74, 6) is 8.38. The molecule has 5 heterocycles. The molecule has 0 N–H and O–H groups in total. The van der Waals surface area contributed by atoms with Gasteiger partial charge in [-0.1, -0.05) is 42.1 Å². The second kappa shape index (κ2) is 6.21. The van der Waals surface area contributed by atoms with Crippen LogP contribution in [0.4, 0.5) is 0 Å². The van der Waals surface area contributed by atoms with Crippen LogP contribution in [0.2, 0.25) is 0 Å². The van der Waals surface area contributed by atoms with Gasteiger partial charge in [0.25, 0.3) is 5.89 Å². The van der Waals surface area contributed by atoms with Gasteiger partial charge in [-0.3, -0.25) is 4.90 Å². The van der Waals surface area contributed by atoms with E-state index in [2.05, 4.69) is 62.6 Å². The quantitative estimate of drug-likeness (QED) is 0.612. The Morgan fingerprint density at radius 2 is 2.17 bits per heavy atom. The Bertz CT molecular complexity index is 1160. The third kappa shape index (κ3) is 2.33. The first-order valence-corrected chi connectivity index (χ1v) is 10.9. The lowest BCUT2D eigenvalue weighted by molar-refractivity contribution is -0.00133. The van der Waals surface area contributed by atoms with Gasteiger partial charge in [-0.15, -0.1) is 0 Å².